The maximum absolute atomic E-state index is 13.3. The van der Waals surface area contributed by atoms with Crippen LogP contribution in [0.25, 0.3) is 0 Å². The average Bonchev–Trinajstić information content (AvgIpc) is 2.49. The highest BCUT2D eigenvalue weighted by atomic mass is 19.2. The van der Waals surface area contributed by atoms with Gasteiger partial charge in [-0.2, -0.15) is 0 Å². The second-order valence-corrected chi connectivity index (χ2v) is 7.30. The summed E-state index contributed by atoms with van der Waals surface area (Å²) in [7, 11) is 0. The van der Waals surface area contributed by atoms with E-state index in [4.69, 9.17) is 4.74 Å². The summed E-state index contributed by atoms with van der Waals surface area (Å²) in [6.45, 7) is 8.72. The van der Waals surface area contributed by atoms with Crippen LogP contribution in [0.3, 0.4) is 0 Å². The second-order valence-electron chi connectivity index (χ2n) is 7.30. The largest absolute Gasteiger partial charge is 0.444 e. The number of hydrogen-bond donors (Lipinski definition) is 1. The van der Waals surface area contributed by atoms with Gasteiger partial charge in [0.2, 0.25) is 0 Å². The molecule has 134 valence electrons. The Bertz CT molecular complexity index is 579. The predicted molar refractivity (Wildman–Crippen MR) is 88.7 cm³/mol. The number of halogens is 2. The zero-order valence-electron chi connectivity index (χ0n) is 14.7. The summed E-state index contributed by atoms with van der Waals surface area (Å²) in [5.74, 6) is -1.67. The maximum Gasteiger partial charge on any atom is 0.410 e. The molecule has 0 spiro atoms. The lowest BCUT2D eigenvalue weighted by Crippen LogP contribution is -2.46. The molecule has 0 bridgehead atoms. The number of nitrogens with zero attached hydrogens (tertiary/aromatic N) is 1. The SMILES string of the molecule is CC(NC1CCN(C(=O)OC(C)(C)C)CC1)c1ccc(F)c(F)c1. The molecular formula is C18H26F2N2O2. The number of carbonyl (C=O) groups excluding carboxylic acids is 1. The van der Waals surface area contributed by atoms with Crippen LogP contribution in [0.5, 0.6) is 0 Å². The Kier molecular flexibility index (Phi) is 5.80. The van der Waals surface area contributed by atoms with Gasteiger partial charge in [-0.1, -0.05) is 6.07 Å². The lowest BCUT2D eigenvalue weighted by Gasteiger charge is -2.35. The quantitative estimate of drug-likeness (QED) is 0.904. The first-order valence-corrected chi connectivity index (χ1v) is 8.34. The number of ether oxygens (including phenoxy) is 1. The van der Waals surface area contributed by atoms with Crippen molar-refractivity contribution in [3.63, 3.8) is 0 Å². The number of nitrogens with one attached hydrogen (secondary N) is 1. The average molecular weight is 340 g/mol. The molecule has 0 radical (unpaired) electrons. The molecule has 1 aromatic carbocycles. The second kappa shape index (κ2) is 7.47. The van der Waals surface area contributed by atoms with Crippen LogP contribution in [0.2, 0.25) is 0 Å². The van der Waals surface area contributed by atoms with E-state index in [-0.39, 0.29) is 18.2 Å². The highest BCUT2D eigenvalue weighted by Crippen LogP contribution is 2.20. The van der Waals surface area contributed by atoms with Gasteiger partial charge in [0.25, 0.3) is 0 Å². The van der Waals surface area contributed by atoms with Crippen LogP contribution in [0.1, 0.15) is 52.1 Å². The third-order valence-corrected chi connectivity index (χ3v) is 4.08. The van der Waals surface area contributed by atoms with Gasteiger partial charge in [0.15, 0.2) is 11.6 Å². The predicted octanol–water partition coefficient (Wildman–Crippen LogP) is 4.01. The molecule has 1 atom stereocenters. The van der Waals surface area contributed by atoms with Crippen LogP contribution < -0.4 is 5.32 Å². The summed E-state index contributed by atoms with van der Waals surface area (Å²) in [5.41, 5.74) is 0.219. The van der Waals surface area contributed by atoms with E-state index in [9.17, 15) is 13.6 Å². The van der Waals surface area contributed by atoms with Crippen molar-refractivity contribution < 1.29 is 18.3 Å². The lowest BCUT2D eigenvalue weighted by atomic mass is 10.0. The molecule has 1 aliphatic heterocycles. The van der Waals surface area contributed by atoms with E-state index < -0.39 is 17.2 Å². The molecular weight excluding hydrogens is 314 g/mol. The molecule has 1 N–H and O–H groups in total. The Balaban J connectivity index is 1.84. The van der Waals surface area contributed by atoms with E-state index in [1.165, 1.54) is 6.07 Å². The van der Waals surface area contributed by atoms with Crippen molar-refractivity contribution in [2.45, 2.75) is 58.2 Å². The van der Waals surface area contributed by atoms with Crippen molar-refractivity contribution >= 4 is 6.09 Å². The first-order chi connectivity index (χ1) is 11.2. The van der Waals surface area contributed by atoms with Gasteiger partial charge in [-0.3, -0.25) is 0 Å². The minimum atomic E-state index is -0.836. The Morgan fingerprint density at radius 2 is 1.88 bits per heavy atom. The number of piperidine rings is 1. The zero-order valence-corrected chi connectivity index (χ0v) is 14.7. The van der Waals surface area contributed by atoms with Crippen molar-refractivity contribution in [3.05, 3.63) is 35.4 Å². The Morgan fingerprint density at radius 1 is 1.25 bits per heavy atom. The van der Waals surface area contributed by atoms with Crippen molar-refractivity contribution in [2.75, 3.05) is 13.1 Å². The van der Waals surface area contributed by atoms with Crippen LogP contribution in [0, 0.1) is 11.6 Å². The van der Waals surface area contributed by atoms with Crippen molar-refractivity contribution in [3.8, 4) is 0 Å². The molecule has 1 saturated heterocycles. The van der Waals surface area contributed by atoms with Gasteiger partial charge in [0, 0.05) is 25.2 Å². The third kappa shape index (κ3) is 5.16. The van der Waals surface area contributed by atoms with Crippen molar-refractivity contribution in [1.82, 2.24) is 10.2 Å². The van der Waals surface area contributed by atoms with Gasteiger partial charge in [-0.15, -0.1) is 0 Å². The number of benzene rings is 1. The van der Waals surface area contributed by atoms with E-state index >= 15 is 0 Å². The van der Waals surface area contributed by atoms with Crippen LogP contribution in [0.4, 0.5) is 13.6 Å². The first-order valence-electron chi connectivity index (χ1n) is 8.34. The van der Waals surface area contributed by atoms with Crippen LogP contribution >= 0.6 is 0 Å². The van der Waals surface area contributed by atoms with Gasteiger partial charge in [-0.25, -0.2) is 13.6 Å². The number of hydrogen-bond acceptors (Lipinski definition) is 3. The van der Waals surface area contributed by atoms with Crippen LogP contribution in [0.15, 0.2) is 18.2 Å². The van der Waals surface area contributed by atoms with E-state index in [1.54, 1.807) is 11.0 Å². The van der Waals surface area contributed by atoms with E-state index in [0.29, 0.717) is 18.7 Å². The van der Waals surface area contributed by atoms with E-state index in [1.807, 2.05) is 27.7 Å². The highest BCUT2D eigenvalue weighted by molar-refractivity contribution is 5.68. The Labute approximate surface area is 142 Å². The fourth-order valence-corrected chi connectivity index (χ4v) is 2.79. The summed E-state index contributed by atoms with van der Waals surface area (Å²) >= 11 is 0. The molecule has 1 aromatic rings. The molecule has 1 fully saturated rings. The van der Waals surface area contributed by atoms with Gasteiger partial charge < -0.3 is 15.0 Å². The molecule has 4 nitrogen and oxygen atoms in total. The fourth-order valence-electron chi connectivity index (χ4n) is 2.79. The third-order valence-electron chi connectivity index (χ3n) is 4.08. The Hall–Kier alpha value is -1.69. The van der Waals surface area contributed by atoms with Gasteiger partial charge >= 0.3 is 6.09 Å². The molecule has 24 heavy (non-hydrogen) atoms. The highest BCUT2D eigenvalue weighted by Gasteiger charge is 2.27. The smallest absolute Gasteiger partial charge is 0.410 e. The minimum absolute atomic E-state index is 0.0850. The summed E-state index contributed by atoms with van der Waals surface area (Å²) < 4.78 is 31.7. The summed E-state index contributed by atoms with van der Waals surface area (Å²) in [6.07, 6.45) is 1.31. The molecule has 1 unspecified atom stereocenters. The Morgan fingerprint density at radius 3 is 2.42 bits per heavy atom. The number of likely N-dealkylation sites (tertiary alicyclic amines) is 1. The number of amides is 1. The summed E-state index contributed by atoms with van der Waals surface area (Å²) in [4.78, 5) is 13.8. The van der Waals surface area contributed by atoms with E-state index in [0.717, 1.165) is 18.9 Å². The molecule has 0 saturated carbocycles. The molecule has 2 rings (SSSR count). The first kappa shape index (κ1) is 18.6. The normalized spacial score (nSPS) is 17.7. The van der Waals surface area contributed by atoms with Crippen LogP contribution in [-0.2, 0) is 4.74 Å². The topological polar surface area (TPSA) is 41.6 Å². The number of rotatable bonds is 3. The standard InChI is InChI=1S/C18H26F2N2O2/c1-12(13-5-6-15(19)16(20)11-13)21-14-7-9-22(10-8-14)17(23)24-18(2,3)4/h5-6,11-12,14,21H,7-10H2,1-4H3. The zero-order chi connectivity index (χ0) is 17.9. The van der Waals surface area contributed by atoms with E-state index in [2.05, 4.69) is 5.32 Å². The molecule has 1 aliphatic rings. The lowest BCUT2D eigenvalue weighted by molar-refractivity contribution is 0.0196. The van der Waals surface area contributed by atoms with Crippen molar-refractivity contribution in [2.24, 2.45) is 0 Å². The minimum Gasteiger partial charge on any atom is -0.444 e. The summed E-state index contributed by atoms with van der Waals surface area (Å²) in [6, 6.07) is 4.10. The van der Waals surface area contributed by atoms with Gasteiger partial charge in [0.1, 0.15) is 5.60 Å². The molecule has 1 amide bonds. The molecule has 6 heteroatoms. The van der Waals surface area contributed by atoms with Gasteiger partial charge in [-0.05, 0) is 58.2 Å². The van der Waals surface area contributed by atoms with Gasteiger partial charge in [0.05, 0.1) is 0 Å². The molecule has 0 aliphatic carbocycles. The fraction of sp³-hybridized carbons (Fsp3) is 0.611. The van der Waals surface area contributed by atoms with Crippen molar-refractivity contribution in [1.29, 1.82) is 0 Å². The molecule has 0 aromatic heterocycles. The number of carbonyl (C=O) groups is 1. The van der Waals surface area contributed by atoms with Crippen LogP contribution in [-0.4, -0.2) is 35.7 Å². The monoisotopic (exact) mass is 340 g/mol. The maximum atomic E-state index is 13.3. The molecule has 1 heterocycles. The summed E-state index contributed by atoms with van der Waals surface area (Å²) in [5, 5.41) is 3.42.